The molecule has 6 heteroatoms. The summed E-state index contributed by atoms with van der Waals surface area (Å²) in [5, 5.41) is 2.44. The molecule has 1 amide bonds. The second kappa shape index (κ2) is 6.20. The van der Waals surface area contributed by atoms with Crippen LogP contribution in [0.25, 0.3) is 10.2 Å². The van der Waals surface area contributed by atoms with Crippen molar-refractivity contribution in [2.24, 2.45) is 5.92 Å². The fraction of sp³-hybridized carbons (Fsp3) is 0.562. The van der Waals surface area contributed by atoms with Crippen molar-refractivity contribution in [1.82, 2.24) is 14.5 Å². The van der Waals surface area contributed by atoms with Crippen LogP contribution in [-0.2, 0) is 11.3 Å². The molecular weight excluding hydrogens is 298 g/mol. The summed E-state index contributed by atoms with van der Waals surface area (Å²) in [6.45, 7) is 2.33. The van der Waals surface area contributed by atoms with E-state index in [-0.39, 0.29) is 18.0 Å². The van der Waals surface area contributed by atoms with Crippen molar-refractivity contribution in [3.8, 4) is 0 Å². The zero-order valence-corrected chi connectivity index (χ0v) is 13.8. The number of hydrogen-bond acceptors (Lipinski definition) is 4. The molecule has 0 spiro atoms. The molecule has 1 saturated carbocycles. The molecule has 3 rings (SSSR count). The third-order valence-corrected chi connectivity index (χ3v) is 5.50. The zero-order chi connectivity index (χ0) is 15.7. The number of thiophene rings is 1. The van der Waals surface area contributed by atoms with E-state index in [0.29, 0.717) is 11.4 Å². The Labute approximate surface area is 133 Å². The van der Waals surface area contributed by atoms with E-state index >= 15 is 0 Å². The van der Waals surface area contributed by atoms with Gasteiger partial charge in [0.1, 0.15) is 11.4 Å². The van der Waals surface area contributed by atoms with E-state index in [9.17, 15) is 9.59 Å². The van der Waals surface area contributed by atoms with Crippen molar-refractivity contribution in [2.45, 2.75) is 45.2 Å². The molecule has 0 saturated heterocycles. The number of likely N-dealkylation sites (N-methyl/N-ethyl adjacent to an activating group) is 1. The molecule has 0 N–H and O–H groups in total. The third-order valence-electron chi connectivity index (χ3n) is 4.68. The molecule has 0 atom stereocenters. The normalized spacial score (nSPS) is 21.9. The molecule has 5 nitrogen and oxygen atoms in total. The Morgan fingerprint density at radius 2 is 2.14 bits per heavy atom. The number of rotatable bonds is 3. The lowest BCUT2D eigenvalue weighted by Gasteiger charge is -2.33. The highest BCUT2D eigenvalue weighted by molar-refractivity contribution is 7.16. The molecule has 2 aromatic heterocycles. The van der Waals surface area contributed by atoms with Crippen LogP contribution >= 0.6 is 11.3 Å². The second-order valence-electron chi connectivity index (χ2n) is 6.24. The minimum atomic E-state index is -0.134. The van der Waals surface area contributed by atoms with Gasteiger partial charge < -0.3 is 4.90 Å². The lowest BCUT2D eigenvalue weighted by atomic mass is 9.87. The number of nitrogens with zero attached hydrogens (tertiary/aromatic N) is 3. The van der Waals surface area contributed by atoms with Crippen LogP contribution in [0.5, 0.6) is 0 Å². The van der Waals surface area contributed by atoms with E-state index in [1.807, 2.05) is 17.3 Å². The quantitative estimate of drug-likeness (QED) is 0.873. The summed E-state index contributed by atoms with van der Waals surface area (Å²) < 4.78 is 1.42. The summed E-state index contributed by atoms with van der Waals surface area (Å²) in [6, 6.07) is 2.07. The van der Waals surface area contributed by atoms with Crippen LogP contribution in [0.15, 0.2) is 22.6 Å². The summed E-state index contributed by atoms with van der Waals surface area (Å²) in [6.07, 6.45) is 5.94. The first-order chi connectivity index (χ1) is 10.6. The lowest BCUT2D eigenvalue weighted by molar-refractivity contribution is -0.133. The Balaban J connectivity index is 1.72. The smallest absolute Gasteiger partial charge is 0.262 e. The maximum atomic E-state index is 12.5. The Hall–Kier alpha value is -1.69. The number of amides is 1. The van der Waals surface area contributed by atoms with E-state index in [1.165, 1.54) is 35.1 Å². The van der Waals surface area contributed by atoms with Gasteiger partial charge in [-0.1, -0.05) is 6.92 Å². The van der Waals surface area contributed by atoms with Gasteiger partial charge in [0.05, 0.1) is 11.7 Å². The monoisotopic (exact) mass is 319 g/mol. The number of hydrogen-bond donors (Lipinski definition) is 0. The van der Waals surface area contributed by atoms with Gasteiger partial charge in [-0.2, -0.15) is 0 Å². The van der Waals surface area contributed by atoms with E-state index in [0.717, 1.165) is 23.6 Å². The largest absolute Gasteiger partial charge is 0.341 e. The van der Waals surface area contributed by atoms with Crippen LogP contribution in [0.1, 0.15) is 32.6 Å². The number of fused-ring (bicyclic) bond motifs is 1. The molecule has 2 aromatic rings. The maximum Gasteiger partial charge on any atom is 0.262 e. The number of aromatic nitrogens is 2. The first-order valence-corrected chi connectivity index (χ1v) is 8.62. The Morgan fingerprint density at radius 3 is 2.86 bits per heavy atom. The van der Waals surface area contributed by atoms with Crippen molar-refractivity contribution in [2.75, 3.05) is 7.05 Å². The average molecular weight is 319 g/mol. The van der Waals surface area contributed by atoms with Crippen LogP contribution in [0.4, 0.5) is 0 Å². The standard InChI is InChI=1S/C16H21N3O2S/c1-11-3-5-12(6-4-11)18(2)14(20)9-19-10-17-15-13(16(19)21)7-8-22-15/h7-8,10-12H,3-6,9H2,1-2H3. The molecular formula is C16H21N3O2S. The summed E-state index contributed by atoms with van der Waals surface area (Å²) in [7, 11) is 1.85. The van der Waals surface area contributed by atoms with E-state index in [2.05, 4.69) is 11.9 Å². The minimum Gasteiger partial charge on any atom is -0.341 e. The second-order valence-corrected chi connectivity index (χ2v) is 7.13. The summed E-state index contributed by atoms with van der Waals surface area (Å²) in [4.78, 5) is 31.6. The molecule has 0 bridgehead atoms. The molecule has 0 aliphatic heterocycles. The van der Waals surface area contributed by atoms with Crippen LogP contribution in [0.2, 0.25) is 0 Å². The summed E-state index contributed by atoms with van der Waals surface area (Å²) in [5.41, 5.74) is -0.134. The molecule has 1 fully saturated rings. The molecule has 2 heterocycles. The van der Waals surface area contributed by atoms with Crippen LogP contribution in [0, 0.1) is 5.92 Å². The van der Waals surface area contributed by atoms with E-state index < -0.39 is 0 Å². The lowest BCUT2D eigenvalue weighted by Crippen LogP contribution is -2.42. The van der Waals surface area contributed by atoms with Crippen molar-refractivity contribution in [1.29, 1.82) is 0 Å². The van der Waals surface area contributed by atoms with Gasteiger partial charge in [-0.05, 0) is 43.0 Å². The van der Waals surface area contributed by atoms with E-state index in [4.69, 9.17) is 0 Å². The van der Waals surface area contributed by atoms with Gasteiger partial charge in [-0.3, -0.25) is 14.2 Å². The summed E-state index contributed by atoms with van der Waals surface area (Å²) >= 11 is 1.44. The number of carbonyl (C=O) groups excluding carboxylic acids is 1. The molecule has 22 heavy (non-hydrogen) atoms. The fourth-order valence-corrected chi connectivity index (χ4v) is 3.82. The van der Waals surface area contributed by atoms with Gasteiger partial charge >= 0.3 is 0 Å². The summed E-state index contributed by atoms with van der Waals surface area (Å²) in [5.74, 6) is 0.741. The average Bonchev–Trinajstić information content (AvgIpc) is 2.99. The van der Waals surface area contributed by atoms with Gasteiger partial charge in [0.25, 0.3) is 5.56 Å². The molecule has 0 unspecified atom stereocenters. The predicted octanol–water partition coefficient (Wildman–Crippen LogP) is 2.50. The van der Waals surface area contributed by atoms with Gasteiger partial charge in [-0.25, -0.2) is 4.98 Å². The molecule has 1 aliphatic rings. The number of carbonyl (C=O) groups is 1. The molecule has 0 radical (unpaired) electrons. The molecule has 118 valence electrons. The van der Waals surface area contributed by atoms with Gasteiger partial charge in [0, 0.05) is 13.1 Å². The van der Waals surface area contributed by atoms with Crippen LogP contribution in [-0.4, -0.2) is 33.4 Å². The molecule has 0 aromatic carbocycles. The fourth-order valence-electron chi connectivity index (χ4n) is 3.10. The van der Waals surface area contributed by atoms with Crippen LogP contribution in [0.3, 0.4) is 0 Å². The highest BCUT2D eigenvalue weighted by Gasteiger charge is 2.25. The first-order valence-electron chi connectivity index (χ1n) is 7.74. The Morgan fingerprint density at radius 1 is 1.41 bits per heavy atom. The van der Waals surface area contributed by atoms with Crippen LogP contribution < -0.4 is 5.56 Å². The van der Waals surface area contributed by atoms with E-state index in [1.54, 1.807) is 6.07 Å². The van der Waals surface area contributed by atoms with Gasteiger partial charge in [0.15, 0.2) is 0 Å². The van der Waals surface area contributed by atoms with Crippen molar-refractivity contribution in [3.63, 3.8) is 0 Å². The first kappa shape index (κ1) is 15.2. The van der Waals surface area contributed by atoms with Gasteiger partial charge in [-0.15, -0.1) is 11.3 Å². The van der Waals surface area contributed by atoms with Crippen molar-refractivity contribution < 1.29 is 4.79 Å². The molecule has 1 aliphatic carbocycles. The Kier molecular flexibility index (Phi) is 4.29. The predicted molar refractivity (Wildman–Crippen MR) is 88.1 cm³/mol. The zero-order valence-electron chi connectivity index (χ0n) is 13.0. The van der Waals surface area contributed by atoms with Crippen molar-refractivity contribution in [3.05, 3.63) is 28.1 Å². The third kappa shape index (κ3) is 2.92. The highest BCUT2D eigenvalue weighted by Crippen LogP contribution is 2.26. The maximum absolute atomic E-state index is 12.5. The van der Waals surface area contributed by atoms with Crippen molar-refractivity contribution >= 4 is 27.5 Å². The minimum absolute atomic E-state index is 0.0157. The SMILES string of the molecule is CC1CCC(N(C)C(=O)Cn2cnc3sccc3c2=O)CC1. The van der Waals surface area contributed by atoms with Gasteiger partial charge in [0.2, 0.25) is 5.91 Å². The highest BCUT2D eigenvalue weighted by atomic mass is 32.1. The topological polar surface area (TPSA) is 55.2 Å². The Bertz CT molecular complexity index is 728.